The second-order valence-electron chi connectivity index (χ2n) is 10.6. The van der Waals surface area contributed by atoms with Crippen LogP contribution in [0.25, 0.3) is 0 Å². The number of alkyl halides is 7. The van der Waals surface area contributed by atoms with Crippen molar-refractivity contribution >= 4 is 28.5 Å². The summed E-state index contributed by atoms with van der Waals surface area (Å²) in [5.74, 6) is -1.39. The fourth-order valence-corrected chi connectivity index (χ4v) is 6.29. The number of nitrogens with one attached hydrogen (secondary N) is 1. The van der Waals surface area contributed by atoms with Crippen LogP contribution >= 0.6 is 22.6 Å². The van der Waals surface area contributed by atoms with Gasteiger partial charge in [-0.25, -0.2) is 4.39 Å². The lowest BCUT2D eigenvalue weighted by Gasteiger charge is -2.41. The van der Waals surface area contributed by atoms with Crippen LogP contribution in [0.15, 0.2) is 55.1 Å². The molecule has 3 unspecified atom stereocenters. The summed E-state index contributed by atoms with van der Waals surface area (Å²) in [6.45, 7) is 8.48. The van der Waals surface area contributed by atoms with E-state index in [-0.39, 0.29) is 23.5 Å². The molecule has 0 radical (unpaired) electrons. The second kappa shape index (κ2) is 12.0. The molecule has 1 N–H and O–H groups in total. The molecule has 1 saturated carbocycles. The van der Waals surface area contributed by atoms with Crippen LogP contribution in [0.4, 0.5) is 30.7 Å². The van der Waals surface area contributed by atoms with E-state index >= 15 is 0 Å². The van der Waals surface area contributed by atoms with Crippen molar-refractivity contribution in [3.05, 3.63) is 83.2 Å². The first-order chi connectivity index (χ1) is 18.4. The molecule has 0 heterocycles. The third-order valence-electron chi connectivity index (χ3n) is 7.47. The molecule has 0 spiro atoms. The number of ether oxygens (including phenoxy) is 1. The molecule has 3 nitrogen and oxygen atoms in total. The van der Waals surface area contributed by atoms with Gasteiger partial charge in [0.15, 0.2) is 0 Å². The predicted molar refractivity (Wildman–Crippen MR) is 146 cm³/mol. The van der Waals surface area contributed by atoms with Gasteiger partial charge in [0.1, 0.15) is 9.43 Å². The molecule has 0 saturated heterocycles. The van der Waals surface area contributed by atoms with E-state index in [0.717, 1.165) is 0 Å². The molecule has 11 heteroatoms. The average Bonchev–Trinajstić information content (AvgIpc) is 3.25. The maximum absolute atomic E-state index is 13.8. The highest BCUT2D eigenvalue weighted by molar-refractivity contribution is 14.1. The normalized spacial score (nSPS) is 22.8. The van der Waals surface area contributed by atoms with Gasteiger partial charge in [0.2, 0.25) is 5.91 Å². The summed E-state index contributed by atoms with van der Waals surface area (Å²) in [5.41, 5.74) is -3.18. The Kier molecular flexibility index (Phi) is 9.70. The van der Waals surface area contributed by atoms with Crippen LogP contribution in [-0.4, -0.2) is 17.6 Å². The van der Waals surface area contributed by atoms with Crippen molar-refractivity contribution < 1.29 is 40.3 Å². The molecule has 0 aromatic heterocycles. The average molecular weight is 685 g/mol. The first kappa shape index (κ1) is 32.4. The maximum Gasteiger partial charge on any atom is 0.416 e. The zero-order chi connectivity index (χ0) is 30.1. The smallest absolute Gasteiger partial charge is 0.357 e. The van der Waals surface area contributed by atoms with E-state index in [2.05, 4.69) is 11.9 Å². The lowest BCUT2D eigenvalue weighted by Crippen LogP contribution is -2.52. The fourth-order valence-electron chi connectivity index (χ4n) is 5.65. The number of rotatable bonds is 9. The van der Waals surface area contributed by atoms with Crippen molar-refractivity contribution in [2.75, 3.05) is 0 Å². The van der Waals surface area contributed by atoms with Crippen LogP contribution in [0.1, 0.15) is 74.6 Å². The molecule has 1 amide bonds. The van der Waals surface area contributed by atoms with Gasteiger partial charge in [0.25, 0.3) is 0 Å². The number of amides is 1. The molecule has 220 valence electrons. The molecular weight excluding hydrogens is 654 g/mol. The highest BCUT2D eigenvalue weighted by Crippen LogP contribution is 2.51. The van der Waals surface area contributed by atoms with E-state index in [4.69, 9.17) is 4.74 Å². The van der Waals surface area contributed by atoms with E-state index in [1.807, 2.05) is 6.92 Å². The van der Waals surface area contributed by atoms with Crippen molar-refractivity contribution in [3.8, 4) is 0 Å². The summed E-state index contributed by atoms with van der Waals surface area (Å²) in [7, 11) is 0. The molecule has 2 aromatic rings. The van der Waals surface area contributed by atoms with Crippen molar-refractivity contribution in [1.82, 2.24) is 5.32 Å². The van der Waals surface area contributed by atoms with Crippen molar-refractivity contribution in [1.29, 1.82) is 0 Å². The number of hydrogen-bond donors (Lipinski definition) is 1. The minimum absolute atomic E-state index is 0.0849. The molecule has 1 fully saturated rings. The van der Waals surface area contributed by atoms with Crippen LogP contribution in [-0.2, 0) is 25.5 Å². The quantitative estimate of drug-likeness (QED) is 0.124. The standard InChI is InChI=1S/C29H31F7INO2/c1-5-6-13-26(3,38-17(2)39)23-11-12-24(25(23)18-7-9-22(30)10-8-18)40-27(4,37)19-14-20(28(31,32)33)16-21(15-19)29(34,35)36/h5,7-10,14-16,23-25H,1,6,11-13H2,2-4H3,(H,38,39)/t23?,24?,25?,26-,27+/m1/s1. The summed E-state index contributed by atoms with van der Waals surface area (Å²) < 4.78 is 99.9. The Balaban J connectivity index is 2.07. The van der Waals surface area contributed by atoms with E-state index in [1.165, 1.54) is 26.0 Å². The highest BCUT2D eigenvalue weighted by atomic mass is 127. The van der Waals surface area contributed by atoms with Gasteiger partial charge in [-0.3, -0.25) is 4.79 Å². The van der Waals surface area contributed by atoms with Crippen molar-refractivity contribution in [3.63, 3.8) is 0 Å². The third-order valence-corrected chi connectivity index (χ3v) is 8.35. The summed E-state index contributed by atoms with van der Waals surface area (Å²) in [6, 6.07) is 7.18. The molecule has 1 aliphatic rings. The van der Waals surface area contributed by atoms with Gasteiger partial charge in [-0.05, 0) is 109 Å². The van der Waals surface area contributed by atoms with Crippen LogP contribution in [0.2, 0.25) is 0 Å². The lowest BCUT2D eigenvalue weighted by atomic mass is 9.73. The molecule has 1 aliphatic carbocycles. The lowest BCUT2D eigenvalue weighted by molar-refractivity contribution is -0.143. The minimum Gasteiger partial charge on any atom is -0.357 e. The van der Waals surface area contributed by atoms with Gasteiger partial charge in [-0.2, -0.15) is 26.3 Å². The Hall–Kier alpha value is -2.15. The zero-order valence-corrected chi connectivity index (χ0v) is 24.4. The first-order valence-electron chi connectivity index (χ1n) is 12.7. The first-order valence-corrected chi connectivity index (χ1v) is 13.8. The molecule has 0 aliphatic heterocycles. The summed E-state index contributed by atoms with van der Waals surface area (Å²) >= 11 is 1.73. The van der Waals surface area contributed by atoms with Gasteiger partial charge in [-0.15, -0.1) is 6.58 Å². The molecule has 3 rings (SSSR count). The Morgan fingerprint density at radius 3 is 2.00 bits per heavy atom. The number of carbonyl (C=O) groups is 1. The van der Waals surface area contributed by atoms with E-state index in [9.17, 15) is 35.5 Å². The summed E-state index contributed by atoms with van der Waals surface area (Å²) in [6.07, 6.45) is -6.84. The minimum atomic E-state index is -5.00. The van der Waals surface area contributed by atoms with Crippen LogP contribution in [0.5, 0.6) is 0 Å². The Labute approximate surface area is 242 Å². The van der Waals surface area contributed by atoms with Gasteiger partial charge >= 0.3 is 12.4 Å². The molecule has 0 bridgehead atoms. The maximum atomic E-state index is 13.8. The number of benzene rings is 2. The zero-order valence-electron chi connectivity index (χ0n) is 22.2. The summed E-state index contributed by atoms with van der Waals surface area (Å²) in [4.78, 5) is 12.2. The molecule has 40 heavy (non-hydrogen) atoms. The fraction of sp³-hybridized carbons (Fsp3) is 0.483. The van der Waals surface area contributed by atoms with Crippen molar-refractivity contribution in [2.45, 2.75) is 80.0 Å². The Bertz CT molecular complexity index is 1180. The van der Waals surface area contributed by atoms with Gasteiger partial charge < -0.3 is 10.1 Å². The highest BCUT2D eigenvalue weighted by Gasteiger charge is 2.49. The van der Waals surface area contributed by atoms with E-state index in [0.29, 0.717) is 43.4 Å². The second-order valence-corrected chi connectivity index (χ2v) is 12.6. The Morgan fingerprint density at radius 2 is 1.52 bits per heavy atom. The molecular formula is C29H31F7INO2. The third kappa shape index (κ3) is 7.57. The monoisotopic (exact) mass is 685 g/mol. The van der Waals surface area contributed by atoms with Crippen LogP contribution < -0.4 is 5.32 Å². The summed E-state index contributed by atoms with van der Waals surface area (Å²) in [5, 5.41) is 3.04. The number of halogens is 8. The Morgan fingerprint density at radius 1 is 1.00 bits per heavy atom. The topological polar surface area (TPSA) is 38.3 Å². The largest absolute Gasteiger partial charge is 0.416 e. The number of hydrogen-bond acceptors (Lipinski definition) is 2. The van der Waals surface area contributed by atoms with Gasteiger partial charge in [0, 0.05) is 18.4 Å². The van der Waals surface area contributed by atoms with Gasteiger partial charge in [-0.1, -0.05) is 18.2 Å². The van der Waals surface area contributed by atoms with Crippen molar-refractivity contribution in [2.24, 2.45) is 5.92 Å². The van der Waals surface area contributed by atoms with Crippen LogP contribution in [0.3, 0.4) is 0 Å². The van der Waals surface area contributed by atoms with E-state index in [1.54, 1.807) is 40.8 Å². The molecule has 5 atom stereocenters. The number of carbonyl (C=O) groups excluding carboxylic acids is 1. The number of allylic oxidation sites excluding steroid dienone is 1. The predicted octanol–water partition coefficient (Wildman–Crippen LogP) is 8.91. The molecule has 2 aromatic carbocycles. The van der Waals surface area contributed by atoms with Crippen LogP contribution in [0, 0.1) is 11.7 Å². The van der Waals surface area contributed by atoms with Gasteiger partial charge in [0.05, 0.1) is 17.2 Å². The SMILES string of the molecule is C=CCC[C@@](C)(NC(C)=O)C1CCC(O[C@](C)(I)c2cc(C(F)(F)F)cc(C(F)(F)F)c2)C1c1ccc(F)cc1. The van der Waals surface area contributed by atoms with E-state index < -0.39 is 50.5 Å².